The molecular weight excluding hydrogens is 321 g/mol. The summed E-state index contributed by atoms with van der Waals surface area (Å²) in [5.74, 6) is -1.81. The van der Waals surface area contributed by atoms with Crippen molar-refractivity contribution in [2.45, 2.75) is 6.36 Å². The minimum atomic E-state index is -4.84. The van der Waals surface area contributed by atoms with Gasteiger partial charge in [-0.2, -0.15) is 0 Å². The Morgan fingerprint density at radius 1 is 1.05 bits per heavy atom. The third-order valence-electron chi connectivity index (χ3n) is 2.36. The number of nitrogens with one attached hydrogen (secondary N) is 2. The summed E-state index contributed by atoms with van der Waals surface area (Å²) < 4.78 is 40.0. The highest BCUT2D eigenvalue weighted by atomic mass is 32.1. The fraction of sp³-hybridized carbons (Fsp3) is 0.0769. The number of ether oxygens (including phenoxy) is 1. The van der Waals surface area contributed by atoms with Crippen LogP contribution in [-0.2, 0) is 0 Å². The highest BCUT2D eigenvalue weighted by molar-refractivity contribution is 7.12. The van der Waals surface area contributed by atoms with E-state index >= 15 is 0 Å². The maximum Gasteiger partial charge on any atom is 0.573 e. The zero-order valence-electron chi connectivity index (χ0n) is 10.8. The molecule has 2 amide bonds. The van der Waals surface area contributed by atoms with Gasteiger partial charge in [-0.15, -0.1) is 24.5 Å². The van der Waals surface area contributed by atoms with Gasteiger partial charge < -0.3 is 4.74 Å². The molecule has 1 heterocycles. The van der Waals surface area contributed by atoms with Gasteiger partial charge in [0.15, 0.2) is 0 Å². The Balaban J connectivity index is 1.98. The van der Waals surface area contributed by atoms with E-state index in [1.54, 1.807) is 17.5 Å². The first-order chi connectivity index (χ1) is 10.3. The average Bonchev–Trinajstić information content (AvgIpc) is 2.97. The molecule has 116 valence electrons. The third kappa shape index (κ3) is 4.48. The highest BCUT2D eigenvalue weighted by Gasteiger charge is 2.31. The van der Waals surface area contributed by atoms with E-state index in [0.717, 1.165) is 12.1 Å². The van der Waals surface area contributed by atoms with Crippen LogP contribution in [-0.4, -0.2) is 18.2 Å². The maximum atomic E-state index is 12.1. The number of hydrogen-bond donors (Lipinski definition) is 2. The zero-order chi connectivity index (χ0) is 16.2. The summed E-state index contributed by atoms with van der Waals surface area (Å²) in [6.45, 7) is 0. The standard InChI is InChI=1S/C13H9F3N2O3S/c14-13(15,16)21-9-4-1-3-8(7-9)11(19)17-18-12(20)10-5-2-6-22-10/h1-7H,(H,17,19)(H,18,20). The van der Waals surface area contributed by atoms with Crippen LogP contribution in [0, 0.1) is 0 Å². The van der Waals surface area contributed by atoms with E-state index in [-0.39, 0.29) is 5.56 Å². The van der Waals surface area contributed by atoms with Crippen molar-refractivity contribution in [1.29, 1.82) is 0 Å². The Labute approximate surface area is 126 Å². The number of rotatable bonds is 3. The zero-order valence-corrected chi connectivity index (χ0v) is 11.6. The molecule has 0 fully saturated rings. The number of thiophene rings is 1. The topological polar surface area (TPSA) is 67.4 Å². The van der Waals surface area contributed by atoms with Crippen molar-refractivity contribution >= 4 is 23.2 Å². The summed E-state index contributed by atoms with van der Waals surface area (Å²) in [5.41, 5.74) is 4.18. The lowest BCUT2D eigenvalue weighted by atomic mass is 10.2. The van der Waals surface area contributed by atoms with Crippen LogP contribution in [0.2, 0.25) is 0 Å². The largest absolute Gasteiger partial charge is 0.573 e. The molecule has 0 saturated heterocycles. The number of carbonyl (C=O) groups excluding carboxylic acids is 2. The molecule has 2 N–H and O–H groups in total. The molecule has 0 radical (unpaired) electrons. The van der Waals surface area contributed by atoms with Crippen LogP contribution in [0.3, 0.4) is 0 Å². The van der Waals surface area contributed by atoms with E-state index in [2.05, 4.69) is 15.6 Å². The number of carbonyl (C=O) groups is 2. The first kappa shape index (κ1) is 15.8. The van der Waals surface area contributed by atoms with Gasteiger partial charge in [0.2, 0.25) is 0 Å². The lowest BCUT2D eigenvalue weighted by molar-refractivity contribution is -0.274. The first-order valence-corrected chi connectivity index (χ1v) is 6.73. The van der Waals surface area contributed by atoms with Crippen LogP contribution in [0.25, 0.3) is 0 Å². The minimum absolute atomic E-state index is 0.0896. The van der Waals surface area contributed by atoms with E-state index in [0.29, 0.717) is 4.88 Å². The molecule has 0 aliphatic rings. The molecule has 0 aliphatic heterocycles. The molecule has 0 bridgehead atoms. The van der Waals surface area contributed by atoms with Crippen molar-refractivity contribution in [3.05, 3.63) is 52.2 Å². The van der Waals surface area contributed by atoms with Gasteiger partial charge in [-0.1, -0.05) is 12.1 Å². The minimum Gasteiger partial charge on any atom is -0.406 e. The van der Waals surface area contributed by atoms with Gasteiger partial charge in [-0.05, 0) is 29.6 Å². The maximum absolute atomic E-state index is 12.1. The highest BCUT2D eigenvalue weighted by Crippen LogP contribution is 2.23. The Kier molecular flexibility index (Phi) is 4.66. The van der Waals surface area contributed by atoms with Gasteiger partial charge in [0.05, 0.1) is 4.88 Å². The van der Waals surface area contributed by atoms with Crippen LogP contribution < -0.4 is 15.6 Å². The van der Waals surface area contributed by atoms with E-state index in [4.69, 9.17) is 0 Å². The van der Waals surface area contributed by atoms with E-state index in [1.807, 2.05) is 0 Å². The van der Waals surface area contributed by atoms with Crippen LogP contribution >= 0.6 is 11.3 Å². The van der Waals surface area contributed by atoms with Gasteiger partial charge in [-0.3, -0.25) is 20.4 Å². The molecule has 5 nitrogen and oxygen atoms in total. The Morgan fingerprint density at radius 2 is 1.77 bits per heavy atom. The predicted molar refractivity (Wildman–Crippen MR) is 72.4 cm³/mol. The van der Waals surface area contributed by atoms with E-state index in [1.165, 1.54) is 23.5 Å². The molecule has 0 atom stereocenters. The predicted octanol–water partition coefficient (Wildman–Crippen LogP) is 2.72. The smallest absolute Gasteiger partial charge is 0.406 e. The van der Waals surface area contributed by atoms with Gasteiger partial charge in [0.25, 0.3) is 11.8 Å². The van der Waals surface area contributed by atoms with Gasteiger partial charge in [-0.25, -0.2) is 0 Å². The number of benzene rings is 1. The molecule has 2 aromatic rings. The summed E-state index contributed by atoms with van der Waals surface area (Å²) >= 11 is 1.18. The number of alkyl halides is 3. The van der Waals surface area contributed by atoms with Gasteiger partial charge >= 0.3 is 6.36 Å². The molecule has 0 aliphatic carbocycles. The Morgan fingerprint density at radius 3 is 2.41 bits per heavy atom. The van der Waals surface area contributed by atoms with Crippen molar-refractivity contribution in [2.75, 3.05) is 0 Å². The molecule has 0 spiro atoms. The summed E-state index contributed by atoms with van der Waals surface area (Å²) in [6, 6.07) is 7.73. The van der Waals surface area contributed by atoms with E-state index in [9.17, 15) is 22.8 Å². The van der Waals surface area contributed by atoms with E-state index < -0.39 is 23.9 Å². The fourth-order valence-corrected chi connectivity index (χ4v) is 2.11. The summed E-state index contributed by atoms with van der Waals surface area (Å²) in [7, 11) is 0. The second-order valence-electron chi connectivity index (χ2n) is 3.96. The Hall–Kier alpha value is -2.55. The van der Waals surface area contributed by atoms with Crippen LogP contribution in [0.15, 0.2) is 41.8 Å². The second-order valence-corrected chi connectivity index (χ2v) is 4.91. The van der Waals surface area contributed by atoms with Gasteiger partial charge in [0, 0.05) is 5.56 Å². The SMILES string of the molecule is O=C(NNC(=O)c1cccs1)c1cccc(OC(F)(F)F)c1. The van der Waals surface area contributed by atoms with Crippen molar-refractivity contribution in [2.24, 2.45) is 0 Å². The summed E-state index contributed by atoms with van der Waals surface area (Å²) in [4.78, 5) is 23.8. The quantitative estimate of drug-likeness (QED) is 0.851. The molecule has 0 saturated carbocycles. The molecule has 9 heteroatoms. The number of halogens is 3. The second kappa shape index (κ2) is 6.48. The molecule has 22 heavy (non-hydrogen) atoms. The van der Waals surface area contributed by atoms with Crippen LogP contribution in [0.1, 0.15) is 20.0 Å². The monoisotopic (exact) mass is 330 g/mol. The lowest BCUT2D eigenvalue weighted by Crippen LogP contribution is -2.41. The van der Waals surface area contributed by atoms with Crippen molar-refractivity contribution in [1.82, 2.24) is 10.9 Å². The average molecular weight is 330 g/mol. The number of amides is 2. The number of hydrazine groups is 1. The van der Waals surface area contributed by atoms with Crippen molar-refractivity contribution < 1.29 is 27.5 Å². The normalized spacial score (nSPS) is 10.9. The lowest BCUT2D eigenvalue weighted by Gasteiger charge is -2.10. The van der Waals surface area contributed by atoms with Gasteiger partial charge in [0.1, 0.15) is 5.75 Å². The summed E-state index contributed by atoms with van der Waals surface area (Å²) in [6.07, 6.45) is -4.84. The molecular formula is C13H9F3N2O3S. The van der Waals surface area contributed by atoms with Crippen molar-refractivity contribution in [3.8, 4) is 5.75 Å². The van der Waals surface area contributed by atoms with Crippen molar-refractivity contribution in [3.63, 3.8) is 0 Å². The van der Waals surface area contributed by atoms with Crippen LogP contribution in [0.4, 0.5) is 13.2 Å². The molecule has 1 aromatic heterocycles. The Bertz CT molecular complexity index is 671. The fourth-order valence-electron chi connectivity index (χ4n) is 1.49. The molecule has 1 aromatic carbocycles. The molecule has 2 rings (SSSR count). The molecule has 0 unspecified atom stereocenters. The third-order valence-corrected chi connectivity index (χ3v) is 3.23. The van der Waals surface area contributed by atoms with Crippen LogP contribution in [0.5, 0.6) is 5.75 Å². The summed E-state index contributed by atoms with van der Waals surface area (Å²) in [5, 5.41) is 1.69. The number of hydrogen-bond acceptors (Lipinski definition) is 4. The first-order valence-electron chi connectivity index (χ1n) is 5.85.